The van der Waals surface area contributed by atoms with Crippen molar-refractivity contribution in [3.8, 4) is 0 Å². The molecule has 12 heteroatoms. The highest BCUT2D eigenvalue weighted by atomic mass is 35.5. The van der Waals surface area contributed by atoms with E-state index in [4.69, 9.17) is 32.7 Å². The first-order chi connectivity index (χ1) is 12.7. The highest BCUT2D eigenvalue weighted by Crippen LogP contribution is 2.47. The normalized spacial score (nSPS) is 24.5. The highest BCUT2D eigenvalue weighted by molar-refractivity contribution is 6.35. The quantitative estimate of drug-likeness (QED) is 0.642. The zero-order valence-electron chi connectivity index (χ0n) is 13.7. The largest absolute Gasteiger partial charge is 0.418 e. The lowest BCUT2D eigenvalue weighted by Gasteiger charge is -2.34. The molecule has 0 radical (unpaired) electrons. The summed E-state index contributed by atoms with van der Waals surface area (Å²) in [5.41, 5.74) is 0.239. The minimum absolute atomic E-state index is 0.121. The number of hydrogen-bond acceptors (Lipinski definition) is 5. The number of halogens is 6. The maximum Gasteiger partial charge on any atom is 0.418 e. The van der Waals surface area contributed by atoms with Gasteiger partial charge >= 0.3 is 12.5 Å². The molecule has 3 rings (SSSR count). The van der Waals surface area contributed by atoms with Crippen LogP contribution >= 0.6 is 23.2 Å². The third kappa shape index (κ3) is 3.90. The van der Waals surface area contributed by atoms with Crippen LogP contribution in [0.3, 0.4) is 0 Å². The molecule has 1 aliphatic rings. The molecule has 3 atom stereocenters. The van der Waals surface area contributed by atoms with Crippen LogP contribution in [-0.4, -0.2) is 40.2 Å². The van der Waals surface area contributed by atoms with Gasteiger partial charge in [0.2, 0.25) is 5.79 Å². The Kier molecular flexibility index (Phi) is 5.64. The molecule has 6 nitrogen and oxygen atoms in total. The van der Waals surface area contributed by atoms with E-state index >= 15 is 0 Å². The van der Waals surface area contributed by atoms with Crippen molar-refractivity contribution in [3.63, 3.8) is 0 Å². The third-order valence-electron chi connectivity index (χ3n) is 3.97. The van der Waals surface area contributed by atoms with E-state index in [0.29, 0.717) is 5.02 Å². The van der Waals surface area contributed by atoms with E-state index in [-0.39, 0.29) is 10.6 Å². The molecule has 3 unspecified atom stereocenters. The predicted octanol–water partition coefficient (Wildman–Crippen LogP) is 4.25. The molecule has 148 valence electrons. The van der Waals surface area contributed by atoms with E-state index in [2.05, 4.69) is 14.8 Å². The van der Waals surface area contributed by atoms with Crippen molar-refractivity contribution in [1.82, 2.24) is 14.8 Å². The zero-order chi connectivity index (χ0) is 19.8. The smallest absolute Gasteiger partial charge is 0.339 e. The molecule has 0 bridgehead atoms. The van der Waals surface area contributed by atoms with Crippen LogP contribution in [0.5, 0.6) is 0 Å². The molecule has 1 saturated heterocycles. The zero-order valence-corrected chi connectivity index (χ0v) is 15.2. The topological polar surface area (TPSA) is 58.4 Å². The van der Waals surface area contributed by atoms with E-state index in [0.717, 1.165) is 0 Å². The van der Waals surface area contributed by atoms with Crippen molar-refractivity contribution >= 4 is 23.2 Å². The summed E-state index contributed by atoms with van der Waals surface area (Å²) >= 11 is 12.1. The second-order valence-electron chi connectivity index (χ2n) is 5.68. The molecule has 0 aliphatic carbocycles. The summed E-state index contributed by atoms with van der Waals surface area (Å²) in [6.07, 6.45) is -7.90. The number of aromatic nitrogens is 3. The Labute approximate surface area is 160 Å². The first-order valence-corrected chi connectivity index (χ1v) is 8.36. The molecule has 0 amide bonds. The highest BCUT2D eigenvalue weighted by Gasteiger charge is 2.54. The number of alkyl halides is 4. The van der Waals surface area contributed by atoms with Crippen LogP contribution in [0.15, 0.2) is 30.9 Å². The van der Waals surface area contributed by atoms with Gasteiger partial charge in [-0.05, 0) is 19.1 Å². The Morgan fingerprint density at radius 1 is 1.37 bits per heavy atom. The van der Waals surface area contributed by atoms with Gasteiger partial charge in [-0.25, -0.2) is 18.4 Å². The fourth-order valence-electron chi connectivity index (χ4n) is 2.69. The molecular formula is C15H13Cl2F4N3O3. The molecule has 0 saturated carbocycles. The average Bonchev–Trinajstić information content (AvgIpc) is 3.24. The second kappa shape index (κ2) is 7.51. The first kappa shape index (κ1) is 20.3. The predicted molar refractivity (Wildman–Crippen MR) is 85.7 cm³/mol. The van der Waals surface area contributed by atoms with E-state index in [1.165, 1.54) is 35.5 Å². The first-order valence-electron chi connectivity index (χ1n) is 7.61. The van der Waals surface area contributed by atoms with Crippen molar-refractivity contribution in [2.24, 2.45) is 0 Å². The van der Waals surface area contributed by atoms with Crippen molar-refractivity contribution in [3.05, 3.63) is 46.5 Å². The minimum atomic E-state index is -4.70. The standard InChI is InChI=1S/C15H13Cl2F4N3O3/c1-8(24-7-22-6-23-24)14(10-3-2-9(16)4-11(10)17)25-5-12(26-14)27-15(20,21)13(18)19/h2-4,6-8,12-13H,5H2,1H3. The molecule has 0 spiro atoms. The van der Waals surface area contributed by atoms with Gasteiger partial charge in [0.1, 0.15) is 25.3 Å². The van der Waals surface area contributed by atoms with Crippen LogP contribution in [0.2, 0.25) is 10.0 Å². The lowest BCUT2D eigenvalue weighted by molar-refractivity contribution is -0.361. The molecule has 1 fully saturated rings. The Balaban J connectivity index is 1.97. The molecule has 1 aromatic carbocycles. The van der Waals surface area contributed by atoms with E-state index in [9.17, 15) is 17.6 Å². The van der Waals surface area contributed by atoms with Crippen molar-refractivity contribution in [1.29, 1.82) is 0 Å². The van der Waals surface area contributed by atoms with Gasteiger partial charge in [0.15, 0.2) is 6.29 Å². The monoisotopic (exact) mass is 429 g/mol. The van der Waals surface area contributed by atoms with Gasteiger partial charge in [-0.15, -0.1) is 0 Å². The van der Waals surface area contributed by atoms with Gasteiger partial charge in [0.25, 0.3) is 0 Å². The van der Waals surface area contributed by atoms with Crippen LogP contribution < -0.4 is 0 Å². The van der Waals surface area contributed by atoms with Gasteiger partial charge in [-0.3, -0.25) is 4.74 Å². The Bertz CT molecular complexity index is 797. The summed E-state index contributed by atoms with van der Waals surface area (Å²) in [6.45, 7) is 1.06. The molecular weight excluding hydrogens is 417 g/mol. The molecule has 1 aliphatic heterocycles. The minimum Gasteiger partial charge on any atom is -0.339 e. The third-order valence-corrected chi connectivity index (χ3v) is 4.52. The molecule has 2 aromatic rings. The fraction of sp³-hybridized carbons (Fsp3) is 0.467. The van der Waals surface area contributed by atoms with Crippen LogP contribution in [-0.2, 0) is 20.0 Å². The average molecular weight is 430 g/mol. The number of nitrogens with zero attached hydrogens (tertiary/aromatic N) is 3. The second-order valence-corrected chi connectivity index (χ2v) is 6.53. The molecule has 27 heavy (non-hydrogen) atoms. The lowest BCUT2D eigenvalue weighted by atomic mass is 9.99. The number of rotatable bonds is 6. The van der Waals surface area contributed by atoms with Crippen LogP contribution in [0.1, 0.15) is 18.5 Å². The number of ether oxygens (including phenoxy) is 3. The molecule has 1 aromatic heterocycles. The Morgan fingerprint density at radius 2 is 2.11 bits per heavy atom. The fourth-order valence-corrected chi connectivity index (χ4v) is 3.23. The van der Waals surface area contributed by atoms with Crippen LogP contribution in [0, 0.1) is 0 Å². The van der Waals surface area contributed by atoms with E-state index in [1.807, 2.05) is 0 Å². The van der Waals surface area contributed by atoms with Crippen molar-refractivity contribution in [2.75, 3.05) is 6.61 Å². The van der Waals surface area contributed by atoms with Crippen LogP contribution in [0.25, 0.3) is 0 Å². The Morgan fingerprint density at radius 3 is 2.70 bits per heavy atom. The van der Waals surface area contributed by atoms with Gasteiger partial charge in [-0.1, -0.05) is 29.3 Å². The summed E-state index contributed by atoms with van der Waals surface area (Å²) in [6, 6.07) is 3.61. The maximum absolute atomic E-state index is 13.3. The summed E-state index contributed by atoms with van der Waals surface area (Å²) < 4.78 is 68.1. The van der Waals surface area contributed by atoms with Gasteiger partial charge in [0.05, 0.1) is 5.02 Å². The van der Waals surface area contributed by atoms with E-state index in [1.54, 1.807) is 6.92 Å². The van der Waals surface area contributed by atoms with Crippen molar-refractivity contribution < 1.29 is 31.8 Å². The molecule has 2 heterocycles. The maximum atomic E-state index is 13.3. The van der Waals surface area contributed by atoms with Gasteiger partial charge in [0, 0.05) is 10.6 Å². The summed E-state index contributed by atoms with van der Waals surface area (Å²) in [5, 5.41) is 4.42. The lowest BCUT2D eigenvalue weighted by Crippen LogP contribution is -2.40. The summed E-state index contributed by atoms with van der Waals surface area (Å²) in [4.78, 5) is 3.81. The number of benzene rings is 1. The van der Waals surface area contributed by atoms with Crippen molar-refractivity contribution in [2.45, 2.75) is 37.6 Å². The number of hydrogen-bond donors (Lipinski definition) is 0. The molecule has 0 N–H and O–H groups in total. The summed E-state index contributed by atoms with van der Waals surface area (Å²) in [5.74, 6) is -1.75. The van der Waals surface area contributed by atoms with Gasteiger partial charge < -0.3 is 9.47 Å². The van der Waals surface area contributed by atoms with Gasteiger partial charge in [-0.2, -0.15) is 13.9 Å². The van der Waals surface area contributed by atoms with E-state index < -0.39 is 37.3 Å². The Hall–Kier alpha value is -1.46. The SMILES string of the molecule is CC(n1cncn1)C1(c2ccc(Cl)cc2Cl)OCC(OC(F)(F)C(F)F)O1. The van der Waals surface area contributed by atoms with Crippen LogP contribution in [0.4, 0.5) is 17.6 Å². The summed E-state index contributed by atoms with van der Waals surface area (Å²) in [7, 11) is 0.